The lowest BCUT2D eigenvalue weighted by molar-refractivity contribution is -0.120. The van der Waals surface area contributed by atoms with Gasteiger partial charge in [-0.15, -0.1) is 0 Å². The molecule has 1 heterocycles. The van der Waals surface area contributed by atoms with E-state index in [1.165, 1.54) is 0 Å². The van der Waals surface area contributed by atoms with E-state index in [0.717, 1.165) is 35.6 Å². The molecule has 0 saturated heterocycles. The van der Waals surface area contributed by atoms with Crippen molar-refractivity contribution in [1.29, 1.82) is 0 Å². The van der Waals surface area contributed by atoms with Gasteiger partial charge in [0.25, 0.3) is 11.8 Å². The summed E-state index contributed by atoms with van der Waals surface area (Å²) in [5, 5.41) is 9.34. The number of anilines is 2. The topological polar surface area (TPSA) is 85.8 Å². The molecule has 0 spiro atoms. The van der Waals surface area contributed by atoms with E-state index in [4.69, 9.17) is 0 Å². The van der Waals surface area contributed by atoms with E-state index < -0.39 is 0 Å². The van der Waals surface area contributed by atoms with Crippen molar-refractivity contribution in [2.75, 3.05) is 23.4 Å². The fourth-order valence-electron chi connectivity index (χ4n) is 2.64. The fraction of sp³-hybridized carbons (Fsp3) is 0.250. The molecule has 3 rings (SSSR count). The van der Waals surface area contributed by atoms with Crippen molar-refractivity contribution >= 4 is 28.9 Å². The standard InChI is InChI=1S/C20H23N5O2/c1-14-3-7-17(8-4-14)21-13-19(26)22-23-20(27)16-5-9-18(10-6-16)25-12-11-15(2)24-25/h3-10,21H,11-13H2,1-2H3,(H,22,26)(H,23,27). The Morgan fingerprint density at radius 2 is 1.70 bits per heavy atom. The summed E-state index contributed by atoms with van der Waals surface area (Å²) in [5.74, 6) is -0.700. The first kappa shape index (κ1) is 18.4. The highest BCUT2D eigenvalue weighted by Crippen LogP contribution is 2.19. The van der Waals surface area contributed by atoms with Gasteiger partial charge in [-0.3, -0.25) is 25.4 Å². The second-order valence-electron chi connectivity index (χ2n) is 6.48. The zero-order valence-corrected chi connectivity index (χ0v) is 15.5. The SMILES string of the molecule is CC1=NN(c2ccc(C(=O)NNC(=O)CNc3ccc(C)cc3)cc2)CC1. The number of nitrogens with one attached hydrogen (secondary N) is 3. The van der Waals surface area contributed by atoms with Gasteiger partial charge in [0.1, 0.15) is 0 Å². The number of carbonyl (C=O) groups is 2. The van der Waals surface area contributed by atoms with Crippen molar-refractivity contribution in [3.05, 3.63) is 59.7 Å². The van der Waals surface area contributed by atoms with Crippen molar-refractivity contribution in [3.63, 3.8) is 0 Å². The normalized spacial score (nSPS) is 13.1. The molecule has 27 heavy (non-hydrogen) atoms. The van der Waals surface area contributed by atoms with Gasteiger partial charge in [0, 0.05) is 29.9 Å². The minimum Gasteiger partial charge on any atom is -0.376 e. The summed E-state index contributed by atoms with van der Waals surface area (Å²) in [4.78, 5) is 24.0. The third-order valence-electron chi connectivity index (χ3n) is 4.22. The van der Waals surface area contributed by atoms with Crippen molar-refractivity contribution in [1.82, 2.24) is 10.9 Å². The fourth-order valence-corrected chi connectivity index (χ4v) is 2.64. The van der Waals surface area contributed by atoms with Crippen molar-refractivity contribution < 1.29 is 9.59 Å². The van der Waals surface area contributed by atoms with Gasteiger partial charge in [0.2, 0.25) is 0 Å². The predicted molar refractivity (Wildman–Crippen MR) is 107 cm³/mol. The van der Waals surface area contributed by atoms with Gasteiger partial charge in [0.15, 0.2) is 0 Å². The van der Waals surface area contributed by atoms with Gasteiger partial charge in [-0.05, 0) is 50.2 Å². The van der Waals surface area contributed by atoms with Crippen LogP contribution in [0.5, 0.6) is 0 Å². The molecule has 0 radical (unpaired) electrons. The Morgan fingerprint density at radius 1 is 1.00 bits per heavy atom. The lowest BCUT2D eigenvalue weighted by atomic mass is 10.2. The first-order chi connectivity index (χ1) is 13.0. The van der Waals surface area contributed by atoms with Crippen molar-refractivity contribution in [2.24, 2.45) is 5.10 Å². The summed E-state index contributed by atoms with van der Waals surface area (Å²) < 4.78 is 0. The third-order valence-corrected chi connectivity index (χ3v) is 4.22. The molecular formula is C20H23N5O2. The molecular weight excluding hydrogens is 342 g/mol. The van der Waals surface area contributed by atoms with E-state index in [0.29, 0.717) is 5.56 Å². The molecule has 0 aliphatic carbocycles. The lowest BCUT2D eigenvalue weighted by Gasteiger charge is -2.14. The number of hydrogen-bond donors (Lipinski definition) is 3. The largest absolute Gasteiger partial charge is 0.376 e. The summed E-state index contributed by atoms with van der Waals surface area (Å²) in [5.41, 5.74) is 9.32. The van der Waals surface area contributed by atoms with E-state index in [1.54, 1.807) is 12.1 Å². The van der Waals surface area contributed by atoms with Crippen LogP contribution in [0.2, 0.25) is 0 Å². The summed E-state index contributed by atoms with van der Waals surface area (Å²) in [6, 6.07) is 14.8. The van der Waals surface area contributed by atoms with E-state index >= 15 is 0 Å². The van der Waals surface area contributed by atoms with Crippen LogP contribution >= 0.6 is 0 Å². The van der Waals surface area contributed by atoms with Crippen LogP contribution in [0.15, 0.2) is 53.6 Å². The highest BCUT2D eigenvalue weighted by molar-refractivity contribution is 5.96. The van der Waals surface area contributed by atoms with Gasteiger partial charge in [-0.1, -0.05) is 17.7 Å². The molecule has 0 atom stereocenters. The Balaban J connectivity index is 1.45. The molecule has 0 bridgehead atoms. The zero-order chi connectivity index (χ0) is 19.2. The van der Waals surface area contributed by atoms with E-state index in [1.807, 2.05) is 55.3 Å². The number of amides is 2. The van der Waals surface area contributed by atoms with E-state index in [2.05, 4.69) is 21.3 Å². The first-order valence-corrected chi connectivity index (χ1v) is 8.83. The number of hydrazone groups is 1. The molecule has 2 amide bonds. The number of rotatable bonds is 5. The Kier molecular flexibility index (Phi) is 5.71. The molecule has 2 aromatic carbocycles. The van der Waals surface area contributed by atoms with Crippen LogP contribution in [0.3, 0.4) is 0 Å². The van der Waals surface area contributed by atoms with Gasteiger partial charge in [-0.25, -0.2) is 0 Å². The number of carbonyl (C=O) groups excluding carboxylic acids is 2. The van der Waals surface area contributed by atoms with Crippen LogP contribution in [0.1, 0.15) is 29.3 Å². The summed E-state index contributed by atoms with van der Waals surface area (Å²) in [6.45, 7) is 4.91. The molecule has 1 aliphatic rings. The molecule has 7 heteroatoms. The number of nitrogens with zero attached hydrogens (tertiary/aromatic N) is 2. The average molecular weight is 365 g/mol. The highest BCUT2D eigenvalue weighted by Gasteiger charge is 2.13. The second kappa shape index (κ2) is 8.35. The molecule has 0 unspecified atom stereocenters. The Morgan fingerprint density at radius 3 is 2.33 bits per heavy atom. The van der Waals surface area contributed by atoms with Crippen molar-refractivity contribution in [2.45, 2.75) is 20.3 Å². The second-order valence-corrected chi connectivity index (χ2v) is 6.48. The van der Waals surface area contributed by atoms with Crippen LogP contribution in [0.25, 0.3) is 0 Å². The molecule has 3 N–H and O–H groups in total. The van der Waals surface area contributed by atoms with Gasteiger partial charge in [0.05, 0.1) is 12.2 Å². The van der Waals surface area contributed by atoms with Crippen LogP contribution in [-0.4, -0.2) is 30.6 Å². The highest BCUT2D eigenvalue weighted by atomic mass is 16.2. The number of aryl methyl sites for hydroxylation is 1. The molecule has 0 saturated carbocycles. The zero-order valence-electron chi connectivity index (χ0n) is 15.5. The third kappa shape index (κ3) is 5.07. The minimum absolute atomic E-state index is 0.0641. The Hall–Kier alpha value is -3.35. The van der Waals surface area contributed by atoms with E-state index in [9.17, 15) is 9.59 Å². The number of hydrazine groups is 1. The molecule has 0 aromatic heterocycles. The maximum atomic E-state index is 12.2. The van der Waals surface area contributed by atoms with Crippen LogP contribution < -0.4 is 21.2 Å². The molecule has 140 valence electrons. The predicted octanol–water partition coefficient (Wildman–Crippen LogP) is 2.45. The Bertz CT molecular complexity index is 844. The van der Waals surface area contributed by atoms with Gasteiger partial charge >= 0.3 is 0 Å². The quantitative estimate of drug-likeness (QED) is 0.711. The number of benzene rings is 2. The monoisotopic (exact) mass is 365 g/mol. The van der Waals surface area contributed by atoms with Gasteiger partial charge < -0.3 is 5.32 Å². The smallest absolute Gasteiger partial charge is 0.269 e. The van der Waals surface area contributed by atoms with Gasteiger partial charge in [-0.2, -0.15) is 5.10 Å². The van der Waals surface area contributed by atoms with Crippen LogP contribution in [0.4, 0.5) is 11.4 Å². The summed E-state index contributed by atoms with van der Waals surface area (Å²) in [6.07, 6.45) is 0.949. The van der Waals surface area contributed by atoms with Crippen molar-refractivity contribution in [3.8, 4) is 0 Å². The first-order valence-electron chi connectivity index (χ1n) is 8.83. The van der Waals surface area contributed by atoms with Crippen LogP contribution in [-0.2, 0) is 4.79 Å². The average Bonchev–Trinajstić information content (AvgIpc) is 3.12. The molecule has 0 fully saturated rings. The van der Waals surface area contributed by atoms with E-state index in [-0.39, 0.29) is 18.4 Å². The minimum atomic E-state index is -0.369. The molecule has 7 nitrogen and oxygen atoms in total. The maximum absolute atomic E-state index is 12.2. The molecule has 2 aromatic rings. The Labute approximate surface area is 158 Å². The lowest BCUT2D eigenvalue weighted by Crippen LogP contribution is -2.44. The maximum Gasteiger partial charge on any atom is 0.269 e. The van der Waals surface area contributed by atoms with Crippen LogP contribution in [0, 0.1) is 6.92 Å². The summed E-state index contributed by atoms with van der Waals surface area (Å²) >= 11 is 0. The number of hydrogen-bond acceptors (Lipinski definition) is 5. The molecule has 1 aliphatic heterocycles. The summed E-state index contributed by atoms with van der Waals surface area (Å²) in [7, 11) is 0.